The molecule has 0 saturated carbocycles. The fourth-order valence-electron chi connectivity index (χ4n) is 1.30. The Bertz CT molecular complexity index is 498. The van der Waals surface area contributed by atoms with Gasteiger partial charge < -0.3 is 15.2 Å². The van der Waals surface area contributed by atoms with Crippen LogP contribution in [0.1, 0.15) is 11.1 Å². The standard InChI is InChI=1S/C11H10F2N2O3/c1-17-10(16)4-6-3-9(18-11(12)13)7(5-14)2-8(6)15/h2-3,11H,4,15H2,1H3. The Morgan fingerprint density at radius 3 is 2.72 bits per heavy atom. The zero-order valence-electron chi connectivity index (χ0n) is 9.44. The molecule has 1 aromatic rings. The van der Waals surface area contributed by atoms with Crippen LogP contribution in [0.4, 0.5) is 14.5 Å². The average Bonchev–Trinajstić information content (AvgIpc) is 2.32. The van der Waals surface area contributed by atoms with Gasteiger partial charge in [0.05, 0.1) is 19.1 Å². The maximum Gasteiger partial charge on any atom is 0.387 e. The highest BCUT2D eigenvalue weighted by Crippen LogP contribution is 2.27. The number of alkyl halides is 2. The van der Waals surface area contributed by atoms with Crippen LogP contribution in [0.5, 0.6) is 5.75 Å². The molecule has 96 valence electrons. The maximum atomic E-state index is 12.1. The second-order valence-corrected chi connectivity index (χ2v) is 3.29. The van der Waals surface area contributed by atoms with Gasteiger partial charge in [0.2, 0.25) is 0 Å². The van der Waals surface area contributed by atoms with Crippen LogP contribution in [-0.2, 0) is 16.0 Å². The SMILES string of the molecule is COC(=O)Cc1cc(OC(F)F)c(C#N)cc1N. The molecule has 0 aliphatic heterocycles. The lowest BCUT2D eigenvalue weighted by Gasteiger charge is -2.10. The number of nitriles is 1. The predicted molar refractivity (Wildman–Crippen MR) is 57.9 cm³/mol. The molecule has 0 spiro atoms. The normalized spacial score (nSPS) is 9.94. The number of anilines is 1. The fourth-order valence-corrected chi connectivity index (χ4v) is 1.30. The molecule has 0 unspecified atom stereocenters. The number of nitrogen functional groups attached to an aromatic ring is 1. The number of nitrogens with zero attached hydrogens (tertiary/aromatic N) is 1. The van der Waals surface area contributed by atoms with Crippen molar-refractivity contribution in [2.45, 2.75) is 13.0 Å². The summed E-state index contributed by atoms with van der Waals surface area (Å²) in [5.41, 5.74) is 5.87. The first-order chi connectivity index (χ1) is 8.47. The van der Waals surface area contributed by atoms with E-state index in [1.54, 1.807) is 6.07 Å². The molecule has 5 nitrogen and oxygen atoms in total. The van der Waals surface area contributed by atoms with Crippen LogP contribution < -0.4 is 10.5 Å². The minimum absolute atomic E-state index is 0.124. The Labute approximate surface area is 102 Å². The van der Waals surface area contributed by atoms with Crippen LogP contribution in [-0.4, -0.2) is 19.7 Å². The van der Waals surface area contributed by atoms with Crippen LogP contribution in [0, 0.1) is 11.3 Å². The van der Waals surface area contributed by atoms with Crippen LogP contribution in [0.2, 0.25) is 0 Å². The predicted octanol–water partition coefficient (Wildman–Crippen LogP) is 1.46. The van der Waals surface area contributed by atoms with E-state index in [0.29, 0.717) is 0 Å². The summed E-state index contributed by atoms with van der Waals surface area (Å²) in [6.07, 6.45) is -0.187. The van der Waals surface area contributed by atoms with Gasteiger partial charge in [0.1, 0.15) is 11.8 Å². The first-order valence-corrected chi connectivity index (χ1v) is 4.82. The lowest BCUT2D eigenvalue weighted by Crippen LogP contribution is -2.09. The van der Waals surface area contributed by atoms with Crippen molar-refractivity contribution in [2.75, 3.05) is 12.8 Å². The monoisotopic (exact) mass is 256 g/mol. The van der Waals surface area contributed by atoms with E-state index in [9.17, 15) is 13.6 Å². The van der Waals surface area contributed by atoms with Gasteiger partial charge in [0.25, 0.3) is 0 Å². The number of halogens is 2. The van der Waals surface area contributed by atoms with Crippen LogP contribution in [0.15, 0.2) is 12.1 Å². The molecular weight excluding hydrogens is 246 g/mol. The van der Waals surface area contributed by atoms with Gasteiger partial charge in [-0.2, -0.15) is 14.0 Å². The second kappa shape index (κ2) is 5.82. The molecule has 0 radical (unpaired) electrons. The summed E-state index contributed by atoms with van der Waals surface area (Å²) in [4.78, 5) is 11.1. The van der Waals surface area contributed by atoms with Crippen molar-refractivity contribution in [3.63, 3.8) is 0 Å². The number of nitrogens with two attached hydrogens (primary N) is 1. The van der Waals surface area contributed by atoms with Crippen LogP contribution >= 0.6 is 0 Å². The highest BCUT2D eigenvalue weighted by atomic mass is 19.3. The summed E-state index contributed by atoms with van der Waals surface area (Å²) in [6, 6.07) is 3.99. The number of carbonyl (C=O) groups is 1. The van der Waals surface area contributed by atoms with E-state index in [1.807, 2.05) is 0 Å². The van der Waals surface area contributed by atoms with E-state index in [2.05, 4.69) is 9.47 Å². The molecule has 0 aliphatic carbocycles. The quantitative estimate of drug-likeness (QED) is 0.651. The Kier molecular flexibility index (Phi) is 4.43. The summed E-state index contributed by atoms with van der Waals surface area (Å²) in [5.74, 6) is -0.894. The Morgan fingerprint density at radius 2 is 2.22 bits per heavy atom. The van der Waals surface area contributed by atoms with Crippen molar-refractivity contribution in [2.24, 2.45) is 0 Å². The molecule has 0 aromatic heterocycles. The van der Waals surface area contributed by atoms with Crippen molar-refractivity contribution < 1.29 is 23.0 Å². The second-order valence-electron chi connectivity index (χ2n) is 3.29. The van der Waals surface area contributed by atoms with E-state index in [-0.39, 0.29) is 29.0 Å². The lowest BCUT2D eigenvalue weighted by molar-refractivity contribution is -0.139. The number of benzene rings is 1. The molecule has 0 saturated heterocycles. The van der Waals surface area contributed by atoms with E-state index in [1.165, 1.54) is 13.2 Å². The average molecular weight is 256 g/mol. The third kappa shape index (κ3) is 3.31. The molecule has 0 heterocycles. The van der Waals surface area contributed by atoms with Crippen LogP contribution in [0.25, 0.3) is 0 Å². The first-order valence-electron chi connectivity index (χ1n) is 4.82. The van der Waals surface area contributed by atoms with Gasteiger partial charge in [0.15, 0.2) is 0 Å². The molecule has 0 atom stereocenters. The van der Waals surface area contributed by atoms with Gasteiger partial charge in [-0.15, -0.1) is 0 Å². The van der Waals surface area contributed by atoms with Crippen molar-refractivity contribution in [3.05, 3.63) is 23.3 Å². The summed E-state index contributed by atoms with van der Waals surface area (Å²) < 4.78 is 32.9. The van der Waals surface area contributed by atoms with Gasteiger partial charge >= 0.3 is 12.6 Å². The summed E-state index contributed by atoms with van der Waals surface area (Å²) in [5, 5.41) is 8.75. The minimum Gasteiger partial charge on any atom is -0.469 e. The van der Waals surface area contributed by atoms with Crippen molar-refractivity contribution in [3.8, 4) is 11.8 Å². The van der Waals surface area contributed by atoms with E-state index >= 15 is 0 Å². The van der Waals surface area contributed by atoms with Gasteiger partial charge in [-0.05, 0) is 17.7 Å². The molecule has 18 heavy (non-hydrogen) atoms. The highest BCUT2D eigenvalue weighted by molar-refractivity contribution is 5.75. The molecule has 0 amide bonds. The minimum atomic E-state index is -3.06. The number of methoxy groups -OCH3 is 1. The fraction of sp³-hybridized carbons (Fsp3) is 0.273. The molecule has 1 aromatic carbocycles. The van der Waals surface area contributed by atoms with Gasteiger partial charge in [-0.3, -0.25) is 4.79 Å². The number of carbonyl (C=O) groups excluding carboxylic acids is 1. The summed E-state index contributed by atoms with van der Waals surface area (Å²) in [6.45, 7) is -3.06. The summed E-state index contributed by atoms with van der Waals surface area (Å²) >= 11 is 0. The Hall–Kier alpha value is -2.36. The van der Waals surface area contributed by atoms with E-state index in [0.717, 1.165) is 6.07 Å². The van der Waals surface area contributed by atoms with Crippen molar-refractivity contribution >= 4 is 11.7 Å². The Morgan fingerprint density at radius 1 is 1.56 bits per heavy atom. The number of rotatable bonds is 4. The molecule has 0 aliphatic rings. The number of ether oxygens (including phenoxy) is 2. The number of hydrogen-bond donors (Lipinski definition) is 1. The summed E-state index contributed by atoms with van der Waals surface area (Å²) in [7, 11) is 1.19. The van der Waals surface area contributed by atoms with Gasteiger partial charge in [-0.25, -0.2) is 0 Å². The number of esters is 1. The lowest BCUT2D eigenvalue weighted by atomic mass is 10.1. The van der Waals surface area contributed by atoms with E-state index < -0.39 is 12.6 Å². The zero-order valence-corrected chi connectivity index (χ0v) is 9.44. The molecule has 0 fully saturated rings. The Balaban J connectivity index is 3.13. The molecule has 1 rings (SSSR count). The van der Waals surface area contributed by atoms with Gasteiger partial charge in [-0.1, -0.05) is 0 Å². The smallest absolute Gasteiger partial charge is 0.387 e. The van der Waals surface area contributed by atoms with Crippen molar-refractivity contribution in [1.29, 1.82) is 5.26 Å². The maximum absolute atomic E-state index is 12.1. The topological polar surface area (TPSA) is 85.3 Å². The van der Waals surface area contributed by atoms with Crippen molar-refractivity contribution in [1.82, 2.24) is 0 Å². The molecule has 7 heteroatoms. The van der Waals surface area contributed by atoms with Crippen LogP contribution in [0.3, 0.4) is 0 Å². The largest absolute Gasteiger partial charge is 0.469 e. The molecular formula is C11H10F2N2O3. The molecule has 0 bridgehead atoms. The highest BCUT2D eigenvalue weighted by Gasteiger charge is 2.15. The molecule has 2 N–H and O–H groups in total. The first kappa shape index (κ1) is 13.7. The van der Waals surface area contributed by atoms with Gasteiger partial charge in [0, 0.05) is 5.69 Å². The van der Waals surface area contributed by atoms with E-state index in [4.69, 9.17) is 11.0 Å². The zero-order chi connectivity index (χ0) is 13.7. The number of hydrogen-bond acceptors (Lipinski definition) is 5. The third-order valence-corrected chi connectivity index (χ3v) is 2.14. The third-order valence-electron chi connectivity index (χ3n) is 2.14.